The Labute approximate surface area is 96.3 Å². The molecule has 1 aromatic carbocycles. The zero-order valence-electron chi connectivity index (χ0n) is 9.68. The van der Waals surface area contributed by atoms with E-state index < -0.39 is 0 Å². The minimum absolute atomic E-state index is 0.00949. The van der Waals surface area contributed by atoms with E-state index in [-0.39, 0.29) is 18.2 Å². The van der Waals surface area contributed by atoms with E-state index in [1.54, 1.807) is 11.8 Å². The molecule has 0 aliphatic heterocycles. The fraction of sp³-hybridized carbons (Fsp3) is 0.385. The Morgan fingerprint density at radius 1 is 1.44 bits per heavy atom. The molecule has 0 aromatic heterocycles. The molecule has 1 amide bonds. The highest BCUT2D eigenvalue weighted by atomic mass is 16.2. The zero-order valence-corrected chi connectivity index (χ0v) is 9.68. The maximum atomic E-state index is 12.0. The summed E-state index contributed by atoms with van der Waals surface area (Å²) < 4.78 is 0. The number of para-hydroxylation sites is 1. The van der Waals surface area contributed by atoms with Crippen LogP contribution in [0.15, 0.2) is 30.3 Å². The summed E-state index contributed by atoms with van der Waals surface area (Å²) >= 11 is 0. The van der Waals surface area contributed by atoms with Gasteiger partial charge in [-0.05, 0) is 19.1 Å². The summed E-state index contributed by atoms with van der Waals surface area (Å²) in [5.41, 5.74) is 0.889. The molecule has 0 fully saturated rings. The van der Waals surface area contributed by atoms with Gasteiger partial charge in [-0.2, -0.15) is 5.26 Å². The minimum atomic E-state index is -0.245. The van der Waals surface area contributed by atoms with Crippen molar-refractivity contribution in [2.45, 2.75) is 20.3 Å². The van der Waals surface area contributed by atoms with E-state index in [1.807, 2.05) is 43.3 Å². The SMILES string of the molecule is CCN(C(=O)C(C)CC#N)c1ccccc1. The first-order valence-corrected chi connectivity index (χ1v) is 5.44. The van der Waals surface area contributed by atoms with Crippen molar-refractivity contribution in [2.24, 2.45) is 5.92 Å². The molecule has 0 saturated heterocycles. The first-order valence-electron chi connectivity index (χ1n) is 5.44. The molecular formula is C13H16N2O. The van der Waals surface area contributed by atoms with E-state index in [2.05, 4.69) is 0 Å². The summed E-state index contributed by atoms with van der Waals surface area (Å²) in [6.45, 7) is 4.35. The van der Waals surface area contributed by atoms with Crippen LogP contribution in [0.4, 0.5) is 5.69 Å². The highest BCUT2D eigenvalue weighted by Gasteiger charge is 2.19. The Bertz CT molecular complexity index is 381. The molecule has 0 saturated carbocycles. The fourth-order valence-electron chi connectivity index (χ4n) is 1.56. The molecule has 1 rings (SSSR count). The van der Waals surface area contributed by atoms with Crippen molar-refractivity contribution in [1.29, 1.82) is 5.26 Å². The van der Waals surface area contributed by atoms with Gasteiger partial charge in [-0.3, -0.25) is 4.79 Å². The molecule has 0 spiro atoms. The molecule has 0 N–H and O–H groups in total. The monoisotopic (exact) mass is 216 g/mol. The summed E-state index contributed by atoms with van der Waals surface area (Å²) in [6.07, 6.45) is 0.266. The number of carbonyl (C=O) groups excluding carboxylic acids is 1. The molecule has 3 nitrogen and oxygen atoms in total. The number of rotatable bonds is 4. The predicted molar refractivity (Wildman–Crippen MR) is 63.9 cm³/mol. The molecule has 3 heteroatoms. The number of benzene rings is 1. The summed E-state index contributed by atoms with van der Waals surface area (Å²) in [7, 11) is 0. The molecule has 1 aromatic rings. The van der Waals surface area contributed by atoms with Gasteiger partial charge in [0.05, 0.1) is 6.07 Å². The standard InChI is InChI=1S/C13H16N2O/c1-3-15(12-7-5-4-6-8-12)13(16)11(2)9-10-14/h4-8,11H,3,9H2,1-2H3. The number of carbonyl (C=O) groups is 1. The Kier molecular flexibility index (Phi) is 4.53. The molecule has 16 heavy (non-hydrogen) atoms. The van der Waals surface area contributed by atoms with Crippen molar-refractivity contribution in [3.8, 4) is 6.07 Å². The van der Waals surface area contributed by atoms with Crippen LogP contribution in [-0.4, -0.2) is 12.5 Å². The topological polar surface area (TPSA) is 44.1 Å². The lowest BCUT2D eigenvalue weighted by Crippen LogP contribution is -2.34. The number of nitriles is 1. The van der Waals surface area contributed by atoms with E-state index in [9.17, 15) is 4.79 Å². The third kappa shape index (κ3) is 2.83. The van der Waals surface area contributed by atoms with Gasteiger partial charge in [0.2, 0.25) is 5.91 Å². The number of hydrogen-bond acceptors (Lipinski definition) is 2. The maximum absolute atomic E-state index is 12.0. The number of amides is 1. The summed E-state index contributed by atoms with van der Waals surface area (Å²) in [5.74, 6) is -0.236. The largest absolute Gasteiger partial charge is 0.312 e. The first kappa shape index (κ1) is 12.3. The van der Waals surface area contributed by atoms with E-state index in [0.717, 1.165) is 5.69 Å². The van der Waals surface area contributed by atoms with Gasteiger partial charge in [-0.15, -0.1) is 0 Å². The van der Waals surface area contributed by atoms with Crippen LogP contribution in [0, 0.1) is 17.2 Å². The van der Waals surface area contributed by atoms with E-state index >= 15 is 0 Å². The van der Waals surface area contributed by atoms with Gasteiger partial charge in [0.15, 0.2) is 0 Å². The Hall–Kier alpha value is -1.82. The van der Waals surface area contributed by atoms with Crippen molar-refractivity contribution in [3.63, 3.8) is 0 Å². The Balaban J connectivity index is 2.84. The van der Waals surface area contributed by atoms with Crippen LogP contribution in [0.5, 0.6) is 0 Å². The minimum Gasteiger partial charge on any atom is -0.312 e. The van der Waals surface area contributed by atoms with Crippen molar-refractivity contribution < 1.29 is 4.79 Å². The molecule has 1 unspecified atom stereocenters. The summed E-state index contributed by atoms with van der Waals surface area (Å²) in [6, 6.07) is 11.6. The molecule has 1 atom stereocenters. The van der Waals surface area contributed by atoms with E-state index in [4.69, 9.17) is 5.26 Å². The smallest absolute Gasteiger partial charge is 0.230 e. The van der Waals surface area contributed by atoms with Gasteiger partial charge < -0.3 is 4.90 Å². The molecule has 0 radical (unpaired) electrons. The molecule has 0 aliphatic rings. The van der Waals surface area contributed by atoms with Crippen LogP contribution in [0.2, 0.25) is 0 Å². The molecule has 0 aliphatic carbocycles. The quantitative estimate of drug-likeness (QED) is 0.776. The lowest BCUT2D eigenvalue weighted by Gasteiger charge is -2.23. The Morgan fingerprint density at radius 2 is 2.06 bits per heavy atom. The van der Waals surface area contributed by atoms with Gasteiger partial charge in [0.25, 0.3) is 0 Å². The lowest BCUT2D eigenvalue weighted by atomic mass is 10.1. The van der Waals surface area contributed by atoms with Gasteiger partial charge >= 0.3 is 0 Å². The summed E-state index contributed by atoms with van der Waals surface area (Å²) in [5, 5.41) is 8.59. The van der Waals surface area contributed by atoms with Gasteiger partial charge in [0, 0.05) is 24.6 Å². The Morgan fingerprint density at radius 3 is 2.56 bits per heavy atom. The average Bonchev–Trinajstić information content (AvgIpc) is 2.31. The van der Waals surface area contributed by atoms with Crippen LogP contribution in [0.25, 0.3) is 0 Å². The van der Waals surface area contributed by atoms with Crippen LogP contribution in [0.1, 0.15) is 20.3 Å². The van der Waals surface area contributed by atoms with E-state index in [0.29, 0.717) is 6.54 Å². The average molecular weight is 216 g/mol. The van der Waals surface area contributed by atoms with Gasteiger partial charge in [-0.25, -0.2) is 0 Å². The number of nitrogens with zero attached hydrogens (tertiary/aromatic N) is 2. The highest BCUT2D eigenvalue weighted by Crippen LogP contribution is 2.17. The second-order valence-corrected chi connectivity index (χ2v) is 3.68. The third-order valence-corrected chi connectivity index (χ3v) is 2.47. The molecule has 0 bridgehead atoms. The highest BCUT2D eigenvalue weighted by molar-refractivity contribution is 5.94. The predicted octanol–water partition coefficient (Wildman–Crippen LogP) is 2.59. The molecule has 84 valence electrons. The molecule has 0 heterocycles. The van der Waals surface area contributed by atoms with Crippen LogP contribution >= 0.6 is 0 Å². The van der Waals surface area contributed by atoms with Gasteiger partial charge in [-0.1, -0.05) is 25.1 Å². The van der Waals surface area contributed by atoms with Crippen LogP contribution < -0.4 is 4.90 Å². The maximum Gasteiger partial charge on any atom is 0.230 e. The van der Waals surface area contributed by atoms with Crippen molar-refractivity contribution >= 4 is 11.6 Å². The van der Waals surface area contributed by atoms with Crippen LogP contribution in [0.3, 0.4) is 0 Å². The summed E-state index contributed by atoms with van der Waals surface area (Å²) in [4.78, 5) is 13.7. The fourth-order valence-corrected chi connectivity index (χ4v) is 1.56. The van der Waals surface area contributed by atoms with Gasteiger partial charge in [0.1, 0.15) is 0 Å². The second kappa shape index (κ2) is 5.92. The lowest BCUT2D eigenvalue weighted by molar-refractivity contribution is -0.121. The third-order valence-electron chi connectivity index (χ3n) is 2.47. The second-order valence-electron chi connectivity index (χ2n) is 3.68. The number of anilines is 1. The zero-order chi connectivity index (χ0) is 12.0. The number of hydrogen-bond donors (Lipinski definition) is 0. The normalized spacial score (nSPS) is 11.6. The van der Waals surface area contributed by atoms with Crippen molar-refractivity contribution in [1.82, 2.24) is 0 Å². The van der Waals surface area contributed by atoms with Crippen LogP contribution in [-0.2, 0) is 4.79 Å². The first-order chi connectivity index (χ1) is 7.70. The van der Waals surface area contributed by atoms with Crippen molar-refractivity contribution in [2.75, 3.05) is 11.4 Å². The van der Waals surface area contributed by atoms with Crippen molar-refractivity contribution in [3.05, 3.63) is 30.3 Å². The van der Waals surface area contributed by atoms with E-state index in [1.165, 1.54) is 0 Å². The molecular weight excluding hydrogens is 200 g/mol.